The molecule has 3 aromatic rings. The van der Waals surface area contributed by atoms with E-state index in [1.165, 1.54) is 0 Å². The van der Waals surface area contributed by atoms with Gasteiger partial charge in [0, 0.05) is 12.6 Å². The van der Waals surface area contributed by atoms with Gasteiger partial charge >= 0.3 is 0 Å². The van der Waals surface area contributed by atoms with Crippen LogP contribution in [0.5, 0.6) is 5.75 Å². The molecule has 1 N–H and O–H groups in total. The van der Waals surface area contributed by atoms with Crippen LogP contribution in [0.4, 0.5) is 0 Å². The number of fused-ring (bicyclic) bond motifs is 3. The second kappa shape index (κ2) is 7.71. The van der Waals surface area contributed by atoms with Gasteiger partial charge in [-0.3, -0.25) is 9.59 Å². The second-order valence-corrected chi connectivity index (χ2v) is 9.70. The van der Waals surface area contributed by atoms with Gasteiger partial charge in [-0.2, -0.15) is 0 Å². The van der Waals surface area contributed by atoms with Gasteiger partial charge in [0.05, 0.1) is 23.9 Å². The highest BCUT2D eigenvalue weighted by Crippen LogP contribution is 2.35. The SMILES string of the molecule is COc1ccc(CN2C(=O)c3cc4sccc4n3C[C@@]2(C)C(=O)NC2CCCC2)cc1. The third-order valence-corrected chi connectivity index (χ3v) is 7.58. The van der Waals surface area contributed by atoms with Gasteiger partial charge in [0.15, 0.2) is 0 Å². The summed E-state index contributed by atoms with van der Waals surface area (Å²) in [6.45, 7) is 2.72. The highest BCUT2D eigenvalue weighted by Gasteiger charge is 2.48. The van der Waals surface area contributed by atoms with Crippen molar-refractivity contribution in [2.45, 2.75) is 57.3 Å². The predicted octanol–water partition coefficient (Wildman–Crippen LogP) is 4.18. The van der Waals surface area contributed by atoms with Crippen molar-refractivity contribution in [3.63, 3.8) is 0 Å². The van der Waals surface area contributed by atoms with Gasteiger partial charge in [0.2, 0.25) is 5.91 Å². The zero-order valence-electron chi connectivity index (χ0n) is 17.9. The molecule has 1 fully saturated rings. The van der Waals surface area contributed by atoms with Gasteiger partial charge in [0.25, 0.3) is 5.91 Å². The Morgan fingerprint density at radius 2 is 1.97 bits per heavy atom. The van der Waals surface area contributed by atoms with Crippen LogP contribution in [-0.2, 0) is 17.9 Å². The fraction of sp³-hybridized carbons (Fsp3) is 0.417. The van der Waals surface area contributed by atoms with E-state index in [4.69, 9.17) is 4.74 Å². The highest BCUT2D eigenvalue weighted by molar-refractivity contribution is 7.17. The molecule has 1 aliphatic carbocycles. The first-order valence-corrected chi connectivity index (χ1v) is 11.7. The van der Waals surface area contributed by atoms with Crippen LogP contribution in [0.2, 0.25) is 0 Å². The molecule has 31 heavy (non-hydrogen) atoms. The minimum atomic E-state index is -0.972. The Morgan fingerprint density at radius 1 is 1.23 bits per heavy atom. The highest BCUT2D eigenvalue weighted by atomic mass is 32.1. The number of benzene rings is 1. The molecule has 0 unspecified atom stereocenters. The average Bonchev–Trinajstić information content (AvgIpc) is 3.50. The number of nitrogens with zero attached hydrogens (tertiary/aromatic N) is 2. The lowest BCUT2D eigenvalue weighted by Crippen LogP contribution is -2.64. The van der Waals surface area contributed by atoms with Gasteiger partial charge in [-0.25, -0.2) is 0 Å². The van der Waals surface area contributed by atoms with Crippen molar-refractivity contribution in [2.75, 3.05) is 7.11 Å². The standard InChI is InChI=1S/C24H27N3O3S/c1-24(23(29)25-17-5-3-4-6-17)15-26-19-11-12-31-21(19)13-20(26)22(28)27(24)14-16-7-9-18(30-2)10-8-16/h7-13,17H,3-6,14-15H2,1-2H3,(H,25,29)/t24-/m0/s1. The summed E-state index contributed by atoms with van der Waals surface area (Å²) < 4.78 is 8.36. The molecule has 7 heteroatoms. The Bertz CT molecular complexity index is 1130. The monoisotopic (exact) mass is 437 g/mol. The molecule has 162 valence electrons. The molecule has 1 atom stereocenters. The van der Waals surface area contributed by atoms with Gasteiger partial charge in [-0.15, -0.1) is 11.3 Å². The molecule has 1 saturated carbocycles. The Balaban J connectivity index is 1.53. The number of carbonyl (C=O) groups excluding carboxylic acids is 2. The van der Waals surface area contributed by atoms with E-state index >= 15 is 0 Å². The van der Waals surface area contributed by atoms with E-state index in [9.17, 15) is 9.59 Å². The zero-order chi connectivity index (χ0) is 21.6. The molecule has 3 heterocycles. The van der Waals surface area contributed by atoms with Crippen molar-refractivity contribution < 1.29 is 14.3 Å². The van der Waals surface area contributed by atoms with E-state index in [2.05, 4.69) is 5.32 Å². The minimum Gasteiger partial charge on any atom is -0.497 e. The molecule has 1 aromatic carbocycles. The van der Waals surface area contributed by atoms with Gasteiger partial charge in [-0.05, 0) is 55.0 Å². The zero-order valence-corrected chi connectivity index (χ0v) is 18.7. The number of ether oxygens (including phenoxy) is 1. The summed E-state index contributed by atoms with van der Waals surface area (Å²) in [5.74, 6) is 0.600. The van der Waals surface area contributed by atoms with Crippen molar-refractivity contribution in [2.24, 2.45) is 0 Å². The number of hydrogen-bond acceptors (Lipinski definition) is 4. The number of nitrogens with one attached hydrogen (secondary N) is 1. The molecular formula is C24H27N3O3S. The first-order valence-electron chi connectivity index (χ1n) is 10.8. The van der Waals surface area contributed by atoms with Crippen molar-refractivity contribution in [1.29, 1.82) is 0 Å². The van der Waals surface area contributed by atoms with Crippen molar-refractivity contribution in [1.82, 2.24) is 14.8 Å². The Hall–Kier alpha value is -2.80. The lowest BCUT2D eigenvalue weighted by atomic mass is 9.93. The Labute approximate surface area is 185 Å². The Morgan fingerprint density at radius 3 is 2.68 bits per heavy atom. The van der Waals surface area contributed by atoms with E-state index in [0.29, 0.717) is 18.8 Å². The summed E-state index contributed by atoms with van der Waals surface area (Å²) in [5, 5.41) is 5.27. The van der Waals surface area contributed by atoms with Crippen LogP contribution in [0.25, 0.3) is 10.2 Å². The quantitative estimate of drug-likeness (QED) is 0.651. The third kappa shape index (κ3) is 3.41. The fourth-order valence-electron chi connectivity index (χ4n) is 4.85. The molecule has 2 aliphatic rings. The van der Waals surface area contributed by atoms with Crippen LogP contribution in [0.1, 0.15) is 48.7 Å². The maximum atomic E-state index is 13.7. The third-order valence-electron chi connectivity index (χ3n) is 6.73. The predicted molar refractivity (Wildman–Crippen MR) is 121 cm³/mol. The molecule has 0 saturated heterocycles. The summed E-state index contributed by atoms with van der Waals surface area (Å²) in [7, 11) is 1.63. The van der Waals surface area contributed by atoms with Crippen molar-refractivity contribution in [3.05, 3.63) is 53.0 Å². The summed E-state index contributed by atoms with van der Waals surface area (Å²) in [6, 6.07) is 11.9. The molecule has 5 rings (SSSR count). The number of carbonyl (C=O) groups is 2. The topological polar surface area (TPSA) is 63.6 Å². The lowest BCUT2D eigenvalue weighted by Gasteiger charge is -2.44. The first-order chi connectivity index (χ1) is 15.0. The lowest BCUT2D eigenvalue weighted by molar-refractivity contribution is -0.133. The molecule has 2 amide bonds. The largest absolute Gasteiger partial charge is 0.497 e. The number of methoxy groups -OCH3 is 1. The summed E-state index contributed by atoms with van der Waals surface area (Å²) in [5.41, 5.74) is 1.68. The smallest absolute Gasteiger partial charge is 0.271 e. The molecule has 0 bridgehead atoms. The van der Waals surface area contributed by atoms with Crippen molar-refractivity contribution in [3.8, 4) is 5.75 Å². The van der Waals surface area contributed by atoms with Gasteiger partial charge in [-0.1, -0.05) is 25.0 Å². The van der Waals surface area contributed by atoms with Crippen LogP contribution >= 0.6 is 11.3 Å². The van der Waals surface area contributed by atoms with Crippen LogP contribution < -0.4 is 10.1 Å². The fourth-order valence-corrected chi connectivity index (χ4v) is 5.67. The van der Waals surface area contributed by atoms with Gasteiger partial charge in [0.1, 0.15) is 17.0 Å². The minimum absolute atomic E-state index is 0.0657. The molecule has 0 spiro atoms. The number of aromatic nitrogens is 1. The van der Waals surface area contributed by atoms with Crippen LogP contribution in [0.15, 0.2) is 41.8 Å². The second-order valence-electron chi connectivity index (χ2n) is 8.75. The molecule has 0 radical (unpaired) electrons. The normalized spacial score (nSPS) is 21.5. The van der Waals surface area contributed by atoms with E-state index in [-0.39, 0.29) is 17.9 Å². The first kappa shape index (κ1) is 20.1. The van der Waals surface area contributed by atoms with E-state index in [1.807, 2.05) is 53.3 Å². The molecule has 6 nitrogen and oxygen atoms in total. The van der Waals surface area contributed by atoms with Crippen LogP contribution in [-0.4, -0.2) is 40.0 Å². The summed E-state index contributed by atoms with van der Waals surface area (Å²) in [6.07, 6.45) is 4.32. The van der Waals surface area contributed by atoms with Gasteiger partial charge < -0.3 is 19.5 Å². The maximum absolute atomic E-state index is 13.7. The van der Waals surface area contributed by atoms with E-state index < -0.39 is 5.54 Å². The van der Waals surface area contributed by atoms with Crippen molar-refractivity contribution >= 4 is 33.4 Å². The Kier molecular flexibility index (Phi) is 5.01. The number of rotatable bonds is 5. The van der Waals surface area contributed by atoms with Crippen LogP contribution in [0.3, 0.4) is 0 Å². The number of amides is 2. The summed E-state index contributed by atoms with van der Waals surface area (Å²) >= 11 is 1.62. The maximum Gasteiger partial charge on any atom is 0.271 e. The number of hydrogen-bond donors (Lipinski definition) is 1. The number of thiophene rings is 1. The van der Waals surface area contributed by atoms with E-state index in [0.717, 1.165) is 47.2 Å². The summed E-state index contributed by atoms with van der Waals surface area (Å²) in [4.78, 5) is 29.0. The molecule has 1 aliphatic heterocycles. The molecular weight excluding hydrogens is 410 g/mol. The molecule has 2 aromatic heterocycles. The van der Waals surface area contributed by atoms with E-state index in [1.54, 1.807) is 23.3 Å². The average molecular weight is 438 g/mol. The van der Waals surface area contributed by atoms with Crippen LogP contribution in [0, 0.1) is 0 Å².